The van der Waals surface area contributed by atoms with Crippen LogP contribution in [0.2, 0.25) is 0 Å². The van der Waals surface area contributed by atoms with Crippen LogP contribution in [0.3, 0.4) is 0 Å². The maximum absolute atomic E-state index is 9.90. The molecule has 1 aliphatic rings. The molecule has 5 rings (SSSR count). The van der Waals surface area contributed by atoms with E-state index < -0.39 is 0 Å². The Morgan fingerprint density at radius 3 is 2.52 bits per heavy atom. The lowest BCUT2D eigenvalue weighted by molar-refractivity contribution is 0.284. The highest BCUT2D eigenvalue weighted by atomic mass is 16.5. The predicted octanol–water partition coefficient (Wildman–Crippen LogP) is 5.65. The number of nitrogens with zero attached hydrogens (tertiary/aromatic N) is 1. The molecule has 1 unspecified atom stereocenters. The van der Waals surface area contributed by atoms with Crippen molar-refractivity contribution in [3.63, 3.8) is 0 Å². The average Bonchev–Trinajstić information content (AvgIpc) is 2.87. The number of rotatable bonds is 5. The summed E-state index contributed by atoms with van der Waals surface area (Å²) in [6.45, 7) is 0.429. The molecule has 4 aromatic rings. The van der Waals surface area contributed by atoms with E-state index in [4.69, 9.17) is 19.9 Å². The number of ether oxygens (including phenoxy) is 3. The van der Waals surface area contributed by atoms with Crippen molar-refractivity contribution < 1.29 is 14.2 Å². The van der Waals surface area contributed by atoms with Crippen molar-refractivity contribution in [1.82, 2.24) is 0 Å². The van der Waals surface area contributed by atoms with Gasteiger partial charge in [-0.2, -0.15) is 5.26 Å². The van der Waals surface area contributed by atoms with Gasteiger partial charge in [0.15, 0.2) is 11.5 Å². The summed E-state index contributed by atoms with van der Waals surface area (Å²) in [5.41, 5.74) is 9.42. The van der Waals surface area contributed by atoms with Crippen LogP contribution in [0, 0.1) is 11.3 Å². The monoisotopic (exact) mass is 434 g/mol. The molecule has 162 valence electrons. The third kappa shape index (κ3) is 3.72. The number of hydrogen-bond donors (Lipinski definition) is 1. The SMILES string of the molecule is COc1cc(C2C(C#N)=C(N)Oc3c2ccc2ccccc32)ccc1OCc1ccccc1. The first-order valence-corrected chi connectivity index (χ1v) is 10.6. The Labute approximate surface area is 192 Å². The quantitative estimate of drug-likeness (QED) is 0.439. The lowest BCUT2D eigenvalue weighted by atomic mass is 9.82. The Hall–Kier alpha value is -4.43. The summed E-state index contributed by atoms with van der Waals surface area (Å²) in [7, 11) is 1.61. The van der Waals surface area contributed by atoms with Gasteiger partial charge in [0.05, 0.1) is 13.0 Å². The Bertz CT molecular complexity index is 1400. The molecule has 5 nitrogen and oxygen atoms in total. The third-order valence-electron chi connectivity index (χ3n) is 5.87. The van der Waals surface area contributed by atoms with Crippen molar-refractivity contribution in [3.05, 3.63) is 113 Å². The van der Waals surface area contributed by atoms with E-state index in [1.165, 1.54) is 0 Å². The van der Waals surface area contributed by atoms with E-state index in [2.05, 4.69) is 6.07 Å². The zero-order valence-corrected chi connectivity index (χ0v) is 18.1. The second-order valence-electron chi connectivity index (χ2n) is 7.81. The summed E-state index contributed by atoms with van der Waals surface area (Å²) in [4.78, 5) is 0. The van der Waals surface area contributed by atoms with Crippen LogP contribution < -0.4 is 19.9 Å². The van der Waals surface area contributed by atoms with Crippen molar-refractivity contribution in [2.45, 2.75) is 12.5 Å². The molecule has 1 heterocycles. The molecule has 1 atom stereocenters. The van der Waals surface area contributed by atoms with Gasteiger partial charge in [-0.25, -0.2) is 0 Å². The zero-order valence-electron chi connectivity index (χ0n) is 18.1. The molecule has 1 aliphatic heterocycles. The summed E-state index contributed by atoms with van der Waals surface area (Å²) < 4.78 is 17.6. The molecule has 4 aromatic carbocycles. The highest BCUT2D eigenvalue weighted by molar-refractivity contribution is 5.91. The van der Waals surface area contributed by atoms with Crippen molar-refractivity contribution >= 4 is 10.8 Å². The minimum absolute atomic E-state index is 0.120. The molecule has 0 fully saturated rings. The van der Waals surface area contributed by atoms with Gasteiger partial charge in [-0.15, -0.1) is 0 Å². The Morgan fingerprint density at radius 1 is 0.939 bits per heavy atom. The van der Waals surface area contributed by atoms with Gasteiger partial charge in [0.1, 0.15) is 24.0 Å². The summed E-state index contributed by atoms with van der Waals surface area (Å²) in [6.07, 6.45) is 0. The fourth-order valence-corrected chi connectivity index (χ4v) is 4.25. The van der Waals surface area contributed by atoms with Gasteiger partial charge in [0, 0.05) is 10.9 Å². The van der Waals surface area contributed by atoms with Crippen LogP contribution in [0.5, 0.6) is 17.2 Å². The van der Waals surface area contributed by atoms with E-state index in [0.29, 0.717) is 29.4 Å². The molecule has 0 amide bonds. The largest absolute Gasteiger partial charge is 0.493 e. The number of hydrogen-bond acceptors (Lipinski definition) is 5. The number of fused-ring (bicyclic) bond motifs is 3. The molecule has 0 radical (unpaired) electrons. The zero-order chi connectivity index (χ0) is 22.8. The fraction of sp³-hybridized carbons (Fsp3) is 0.107. The van der Waals surface area contributed by atoms with Crippen molar-refractivity contribution in [2.75, 3.05) is 7.11 Å². The molecule has 0 bridgehead atoms. The highest BCUT2D eigenvalue weighted by Gasteiger charge is 2.32. The van der Waals surface area contributed by atoms with Gasteiger partial charge in [-0.05, 0) is 28.6 Å². The van der Waals surface area contributed by atoms with E-state index >= 15 is 0 Å². The molecule has 33 heavy (non-hydrogen) atoms. The molecule has 2 N–H and O–H groups in total. The van der Waals surface area contributed by atoms with Gasteiger partial charge in [0.2, 0.25) is 5.88 Å². The number of nitrogens with two attached hydrogens (primary N) is 1. The standard InChI is InChI=1S/C28H22N2O3/c1-31-25-15-20(12-14-24(25)32-17-18-7-3-2-4-8-18)26-22-13-11-19-9-5-6-10-21(19)27(22)33-28(30)23(26)16-29/h2-15,26H,17,30H2,1H3. The van der Waals surface area contributed by atoms with Crippen LogP contribution in [0.25, 0.3) is 10.8 Å². The summed E-state index contributed by atoms with van der Waals surface area (Å²) in [6, 6.07) is 29.9. The van der Waals surface area contributed by atoms with Crippen LogP contribution in [-0.2, 0) is 6.61 Å². The molecule has 0 aromatic heterocycles. The van der Waals surface area contributed by atoms with Crippen LogP contribution >= 0.6 is 0 Å². The van der Waals surface area contributed by atoms with E-state index in [1.54, 1.807) is 7.11 Å². The van der Waals surface area contributed by atoms with E-state index in [-0.39, 0.29) is 11.8 Å². The third-order valence-corrected chi connectivity index (χ3v) is 5.87. The minimum atomic E-state index is -0.375. The summed E-state index contributed by atoms with van der Waals surface area (Å²) in [5, 5.41) is 11.9. The van der Waals surface area contributed by atoms with Crippen molar-refractivity contribution in [1.29, 1.82) is 5.26 Å². The number of allylic oxidation sites excluding steroid dienone is 1. The Morgan fingerprint density at radius 2 is 1.73 bits per heavy atom. The van der Waals surface area contributed by atoms with Gasteiger partial charge in [0.25, 0.3) is 0 Å². The first-order valence-electron chi connectivity index (χ1n) is 10.6. The van der Waals surface area contributed by atoms with Gasteiger partial charge >= 0.3 is 0 Å². The maximum atomic E-state index is 9.90. The second kappa shape index (κ2) is 8.60. The summed E-state index contributed by atoms with van der Waals surface area (Å²) >= 11 is 0. The van der Waals surface area contributed by atoms with E-state index in [9.17, 15) is 5.26 Å². The van der Waals surface area contributed by atoms with Crippen LogP contribution in [0.15, 0.2) is 96.4 Å². The number of benzene rings is 4. The molecular weight excluding hydrogens is 412 g/mol. The highest BCUT2D eigenvalue weighted by Crippen LogP contribution is 2.46. The molecular formula is C28H22N2O3. The topological polar surface area (TPSA) is 77.5 Å². The van der Waals surface area contributed by atoms with Gasteiger partial charge < -0.3 is 19.9 Å². The van der Waals surface area contributed by atoms with Crippen LogP contribution in [0.4, 0.5) is 0 Å². The fourth-order valence-electron chi connectivity index (χ4n) is 4.25. The van der Waals surface area contributed by atoms with Crippen molar-refractivity contribution in [2.24, 2.45) is 5.73 Å². The smallest absolute Gasteiger partial charge is 0.205 e. The van der Waals surface area contributed by atoms with Crippen LogP contribution in [0.1, 0.15) is 22.6 Å². The molecule has 0 aliphatic carbocycles. The predicted molar refractivity (Wildman–Crippen MR) is 127 cm³/mol. The second-order valence-corrected chi connectivity index (χ2v) is 7.81. The summed E-state index contributed by atoms with van der Waals surface area (Å²) in [5.74, 6) is 1.65. The van der Waals surface area contributed by atoms with Crippen molar-refractivity contribution in [3.8, 4) is 23.3 Å². The minimum Gasteiger partial charge on any atom is -0.493 e. The number of methoxy groups -OCH3 is 1. The Kier molecular flexibility index (Phi) is 5.34. The Balaban J connectivity index is 1.56. The molecule has 0 saturated carbocycles. The molecule has 0 spiro atoms. The lowest BCUT2D eigenvalue weighted by Gasteiger charge is -2.28. The molecule has 0 saturated heterocycles. The molecule has 5 heteroatoms. The normalized spacial score (nSPS) is 14.8. The van der Waals surface area contributed by atoms with Gasteiger partial charge in [-0.1, -0.05) is 72.8 Å². The van der Waals surface area contributed by atoms with E-state index in [0.717, 1.165) is 27.5 Å². The van der Waals surface area contributed by atoms with E-state index in [1.807, 2.05) is 84.9 Å². The first-order chi connectivity index (χ1) is 16.2. The van der Waals surface area contributed by atoms with Gasteiger partial charge in [-0.3, -0.25) is 0 Å². The van der Waals surface area contributed by atoms with Crippen LogP contribution in [-0.4, -0.2) is 7.11 Å². The number of nitriles is 1. The maximum Gasteiger partial charge on any atom is 0.205 e. The first kappa shape index (κ1) is 20.5. The average molecular weight is 434 g/mol. The lowest BCUT2D eigenvalue weighted by Crippen LogP contribution is -2.21.